The molecule has 0 spiro atoms. The molecule has 5 rings (SSSR count). The van der Waals surface area contributed by atoms with Gasteiger partial charge in [-0.1, -0.05) is 13.0 Å². The van der Waals surface area contributed by atoms with Crippen molar-refractivity contribution in [3.8, 4) is 34.5 Å². The number of pyridine rings is 1. The third-order valence-corrected chi connectivity index (χ3v) is 6.91. The van der Waals surface area contributed by atoms with E-state index in [0.29, 0.717) is 22.6 Å². The summed E-state index contributed by atoms with van der Waals surface area (Å²) in [6.45, 7) is 1.52. The van der Waals surface area contributed by atoms with Gasteiger partial charge in [0, 0.05) is 25.4 Å². The number of para-hydroxylation sites is 1. The van der Waals surface area contributed by atoms with Crippen LogP contribution in [0.3, 0.4) is 0 Å². The maximum Gasteiger partial charge on any atom is 0.198 e. The number of benzene rings is 2. The standard InChI is InChI=1S/C24H19F2N5O4S/c1-3-36(32,33)22-8-7-14(13-27-22)34-20-11-18-19(29-24(28-18)17-9-10-31(2)30-17)12-21(20)35-23-15(25)5-4-6-16(23)26/h4-13H,3H2,1-2H3,(H,28,29). The van der Waals surface area contributed by atoms with Gasteiger partial charge < -0.3 is 14.5 Å². The molecule has 184 valence electrons. The molecule has 1 N–H and O–H groups in total. The Bertz CT molecular complexity index is 1660. The van der Waals surface area contributed by atoms with Crippen molar-refractivity contribution in [3.63, 3.8) is 0 Å². The quantitative estimate of drug-likeness (QED) is 0.327. The Morgan fingerprint density at radius 2 is 1.78 bits per heavy atom. The summed E-state index contributed by atoms with van der Waals surface area (Å²) < 4.78 is 65.9. The maximum atomic E-state index is 14.3. The van der Waals surface area contributed by atoms with Crippen LogP contribution in [0.5, 0.6) is 23.0 Å². The summed E-state index contributed by atoms with van der Waals surface area (Å²) in [5, 5.41) is 4.23. The highest BCUT2D eigenvalue weighted by molar-refractivity contribution is 7.91. The minimum absolute atomic E-state index is 0.0178. The average Bonchev–Trinajstić information content (AvgIpc) is 3.47. The lowest BCUT2D eigenvalue weighted by Crippen LogP contribution is -2.05. The Kier molecular flexibility index (Phi) is 5.88. The SMILES string of the molecule is CCS(=O)(=O)c1ccc(Oc2cc3[nH]c(-c4ccn(C)n4)nc3cc2Oc2c(F)cccc2F)cn1. The topological polar surface area (TPSA) is 112 Å². The van der Waals surface area contributed by atoms with Crippen molar-refractivity contribution < 1.29 is 26.7 Å². The molecule has 0 unspecified atom stereocenters. The molecule has 0 fully saturated rings. The molecule has 0 amide bonds. The number of ether oxygens (including phenoxy) is 2. The van der Waals surface area contributed by atoms with Gasteiger partial charge in [-0.2, -0.15) is 5.10 Å². The van der Waals surface area contributed by atoms with Crippen LogP contribution in [0, 0.1) is 11.6 Å². The molecule has 3 heterocycles. The van der Waals surface area contributed by atoms with Crippen LogP contribution < -0.4 is 9.47 Å². The smallest absolute Gasteiger partial charge is 0.198 e. The first kappa shape index (κ1) is 23.4. The molecular weight excluding hydrogens is 492 g/mol. The van der Waals surface area contributed by atoms with Gasteiger partial charge >= 0.3 is 0 Å². The molecule has 5 aromatic rings. The van der Waals surface area contributed by atoms with Crippen molar-refractivity contribution in [2.45, 2.75) is 11.9 Å². The average molecular weight is 512 g/mol. The molecule has 0 atom stereocenters. The number of aromatic amines is 1. The second-order valence-corrected chi connectivity index (χ2v) is 9.99. The summed E-state index contributed by atoms with van der Waals surface area (Å²) in [7, 11) is -1.72. The minimum atomic E-state index is -3.49. The zero-order valence-electron chi connectivity index (χ0n) is 19.1. The first-order chi connectivity index (χ1) is 17.2. The maximum absolute atomic E-state index is 14.3. The van der Waals surface area contributed by atoms with Crippen LogP contribution >= 0.6 is 0 Å². The molecule has 0 saturated carbocycles. The second kappa shape index (κ2) is 9.04. The van der Waals surface area contributed by atoms with Crippen molar-refractivity contribution in [3.05, 3.63) is 72.6 Å². The zero-order valence-corrected chi connectivity index (χ0v) is 19.9. The summed E-state index contributed by atoms with van der Waals surface area (Å²) in [6.07, 6.45) is 3.01. The molecule has 0 radical (unpaired) electrons. The highest BCUT2D eigenvalue weighted by atomic mass is 32.2. The summed E-state index contributed by atoms with van der Waals surface area (Å²) in [4.78, 5) is 11.6. The largest absolute Gasteiger partial charge is 0.452 e. The summed E-state index contributed by atoms with van der Waals surface area (Å²) in [6, 6.07) is 10.9. The molecule has 2 aromatic carbocycles. The predicted octanol–water partition coefficient (Wildman–Crippen LogP) is 5.01. The van der Waals surface area contributed by atoms with E-state index in [1.165, 1.54) is 37.4 Å². The lowest BCUT2D eigenvalue weighted by molar-refractivity contribution is 0.381. The molecule has 36 heavy (non-hydrogen) atoms. The van der Waals surface area contributed by atoms with Gasteiger partial charge in [0.1, 0.15) is 11.4 Å². The molecule has 0 saturated heterocycles. The van der Waals surface area contributed by atoms with E-state index in [1.54, 1.807) is 30.1 Å². The third kappa shape index (κ3) is 4.50. The van der Waals surface area contributed by atoms with Crippen LogP contribution in [0.25, 0.3) is 22.6 Å². The van der Waals surface area contributed by atoms with E-state index in [-0.39, 0.29) is 28.0 Å². The van der Waals surface area contributed by atoms with Gasteiger partial charge in [0.25, 0.3) is 0 Å². The highest BCUT2D eigenvalue weighted by Gasteiger charge is 2.19. The second-order valence-electron chi connectivity index (χ2n) is 7.77. The van der Waals surface area contributed by atoms with Gasteiger partial charge in [-0.05, 0) is 30.3 Å². The summed E-state index contributed by atoms with van der Waals surface area (Å²) in [5.41, 5.74) is 1.58. The Labute approximate surface area is 204 Å². The van der Waals surface area contributed by atoms with Crippen LogP contribution in [0.2, 0.25) is 0 Å². The zero-order chi connectivity index (χ0) is 25.4. The van der Waals surface area contributed by atoms with Crippen molar-refractivity contribution in [1.82, 2.24) is 24.7 Å². The molecular formula is C24H19F2N5O4S. The lowest BCUT2D eigenvalue weighted by Gasteiger charge is -2.13. The molecule has 12 heteroatoms. The normalized spacial score (nSPS) is 11.7. The molecule has 0 aliphatic rings. The van der Waals surface area contributed by atoms with Crippen molar-refractivity contribution >= 4 is 20.9 Å². The fraction of sp³-hybridized carbons (Fsp3) is 0.125. The molecule has 9 nitrogen and oxygen atoms in total. The van der Waals surface area contributed by atoms with Crippen molar-refractivity contribution in [1.29, 1.82) is 0 Å². The number of sulfone groups is 1. The first-order valence-corrected chi connectivity index (χ1v) is 12.4. The molecule has 3 aromatic heterocycles. The van der Waals surface area contributed by atoms with Crippen molar-refractivity contribution in [2.75, 3.05) is 5.75 Å². The first-order valence-electron chi connectivity index (χ1n) is 10.8. The van der Waals surface area contributed by atoms with Gasteiger partial charge in [0.15, 0.2) is 49.6 Å². The summed E-state index contributed by atoms with van der Waals surface area (Å²) >= 11 is 0. The number of hydrogen-bond donors (Lipinski definition) is 1. The van der Waals surface area contributed by atoms with E-state index in [0.717, 1.165) is 12.1 Å². The Morgan fingerprint density at radius 3 is 2.42 bits per heavy atom. The van der Waals surface area contributed by atoms with Crippen LogP contribution in [-0.2, 0) is 16.9 Å². The number of nitrogens with zero attached hydrogens (tertiary/aromatic N) is 4. The Balaban J connectivity index is 1.58. The van der Waals surface area contributed by atoms with E-state index in [2.05, 4.69) is 20.1 Å². The number of H-pyrrole nitrogens is 1. The number of halogens is 2. The van der Waals surface area contributed by atoms with Gasteiger partial charge in [-0.3, -0.25) is 4.68 Å². The van der Waals surface area contributed by atoms with E-state index >= 15 is 0 Å². The van der Waals surface area contributed by atoms with Gasteiger partial charge in [-0.25, -0.2) is 27.2 Å². The van der Waals surface area contributed by atoms with E-state index < -0.39 is 27.2 Å². The van der Waals surface area contributed by atoms with E-state index in [4.69, 9.17) is 9.47 Å². The van der Waals surface area contributed by atoms with Crippen LogP contribution in [0.15, 0.2) is 66.0 Å². The van der Waals surface area contributed by atoms with E-state index in [1.807, 2.05) is 0 Å². The number of fused-ring (bicyclic) bond motifs is 1. The lowest BCUT2D eigenvalue weighted by atomic mass is 10.2. The number of imidazole rings is 1. The fourth-order valence-corrected chi connectivity index (χ4v) is 4.20. The Hall–Kier alpha value is -4.32. The predicted molar refractivity (Wildman–Crippen MR) is 127 cm³/mol. The third-order valence-electron chi connectivity index (χ3n) is 5.27. The summed E-state index contributed by atoms with van der Waals surface area (Å²) in [5.74, 6) is -1.76. The van der Waals surface area contributed by atoms with Crippen LogP contribution in [-0.4, -0.2) is 38.9 Å². The van der Waals surface area contributed by atoms with Crippen molar-refractivity contribution in [2.24, 2.45) is 7.05 Å². The van der Waals surface area contributed by atoms with E-state index in [9.17, 15) is 17.2 Å². The number of aromatic nitrogens is 5. The van der Waals surface area contributed by atoms with Crippen LogP contribution in [0.1, 0.15) is 6.92 Å². The minimum Gasteiger partial charge on any atom is -0.452 e. The number of aryl methyl sites for hydroxylation is 1. The number of hydrogen-bond acceptors (Lipinski definition) is 7. The molecule has 0 bridgehead atoms. The van der Waals surface area contributed by atoms with Gasteiger partial charge in [0.05, 0.1) is 23.0 Å². The molecule has 0 aliphatic carbocycles. The van der Waals surface area contributed by atoms with Gasteiger partial charge in [-0.15, -0.1) is 0 Å². The number of nitrogens with one attached hydrogen (secondary N) is 1. The Morgan fingerprint density at radius 1 is 1.03 bits per heavy atom. The monoisotopic (exact) mass is 511 g/mol. The van der Waals surface area contributed by atoms with Crippen LogP contribution in [0.4, 0.5) is 8.78 Å². The fourth-order valence-electron chi connectivity index (χ4n) is 3.42. The number of rotatable bonds is 7. The molecule has 0 aliphatic heterocycles. The highest BCUT2D eigenvalue weighted by Crippen LogP contribution is 2.39. The van der Waals surface area contributed by atoms with Gasteiger partial charge in [0.2, 0.25) is 0 Å².